The van der Waals surface area contributed by atoms with Gasteiger partial charge in [-0.2, -0.15) is 0 Å². The van der Waals surface area contributed by atoms with Gasteiger partial charge in [0.05, 0.1) is 9.72 Å². The van der Waals surface area contributed by atoms with E-state index in [0.717, 1.165) is 6.07 Å². The maximum Gasteiger partial charge on any atom is 0.341 e. The molecule has 1 aromatic heterocycles. The summed E-state index contributed by atoms with van der Waals surface area (Å²) in [5.74, 6) is -2.38. The summed E-state index contributed by atoms with van der Waals surface area (Å²) in [4.78, 5) is 11.2. The van der Waals surface area contributed by atoms with Crippen LogP contribution in [0.15, 0.2) is 30.3 Å². The van der Waals surface area contributed by atoms with Crippen molar-refractivity contribution in [1.82, 2.24) is 0 Å². The van der Waals surface area contributed by atoms with E-state index in [0.29, 0.717) is 15.0 Å². The molecule has 0 amide bonds. The minimum Gasteiger partial charge on any atom is -0.480 e. The summed E-state index contributed by atoms with van der Waals surface area (Å²) in [7, 11) is 0. The Morgan fingerprint density at radius 3 is 2.58 bits per heavy atom. The van der Waals surface area contributed by atoms with Crippen molar-refractivity contribution in [2.75, 3.05) is 6.61 Å². The molecule has 0 spiro atoms. The number of benzene rings is 2. The second kappa shape index (κ2) is 6.55. The van der Waals surface area contributed by atoms with Gasteiger partial charge >= 0.3 is 5.97 Å². The van der Waals surface area contributed by atoms with Crippen LogP contribution >= 0.6 is 34.5 Å². The van der Waals surface area contributed by atoms with Crippen molar-refractivity contribution < 1.29 is 23.4 Å². The van der Waals surface area contributed by atoms with Gasteiger partial charge in [0.2, 0.25) is 0 Å². The lowest BCUT2D eigenvalue weighted by Crippen LogP contribution is -2.09. The second-order valence-electron chi connectivity index (χ2n) is 4.84. The largest absolute Gasteiger partial charge is 0.480 e. The van der Waals surface area contributed by atoms with Crippen LogP contribution in [0.3, 0.4) is 0 Å². The highest BCUT2D eigenvalue weighted by atomic mass is 35.5. The fraction of sp³-hybridized carbons (Fsp3) is 0.0625. The third-order valence-corrected chi connectivity index (χ3v) is 5.37. The predicted molar refractivity (Wildman–Crippen MR) is 90.3 cm³/mol. The second-order valence-corrected chi connectivity index (χ2v) is 6.65. The first-order valence-electron chi connectivity index (χ1n) is 6.58. The van der Waals surface area contributed by atoms with Crippen LogP contribution in [-0.2, 0) is 4.79 Å². The zero-order valence-corrected chi connectivity index (χ0v) is 14.1. The Bertz CT molecular complexity index is 956. The minimum absolute atomic E-state index is 0.0818. The lowest BCUT2D eigenvalue weighted by molar-refractivity contribution is -0.139. The van der Waals surface area contributed by atoms with Gasteiger partial charge in [0.15, 0.2) is 6.61 Å². The smallest absolute Gasteiger partial charge is 0.341 e. The number of hydrogen-bond donors (Lipinski definition) is 1. The number of carboxylic acids is 1. The van der Waals surface area contributed by atoms with Crippen molar-refractivity contribution in [1.29, 1.82) is 0 Å². The zero-order valence-electron chi connectivity index (χ0n) is 11.8. The highest BCUT2D eigenvalue weighted by molar-refractivity contribution is 7.23. The van der Waals surface area contributed by atoms with Gasteiger partial charge in [-0.05, 0) is 29.7 Å². The quantitative estimate of drug-likeness (QED) is 0.630. The molecule has 0 aliphatic carbocycles. The predicted octanol–water partition coefficient (Wildman–Crippen LogP) is 5.62. The zero-order chi connectivity index (χ0) is 17.4. The molecule has 0 aliphatic heterocycles. The van der Waals surface area contributed by atoms with Gasteiger partial charge in [-0.15, -0.1) is 11.3 Å². The number of thiophene rings is 1. The highest BCUT2D eigenvalue weighted by Gasteiger charge is 2.17. The topological polar surface area (TPSA) is 46.5 Å². The number of fused-ring (bicyclic) bond motifs is 1. The molecule has 2 aromatic carbocycles. The summed E-state index contributed by atoms with van der Waals surface area (Å²) >= 11 is 13.5. The molecule has 0 saturated heterocycles. The number of ether oxygens (including phenoxy) is 1. The lowest BCUT2D eigenvalue weighted by Gasteiger charge is -2.07. The molecule has 3 rings (SSSR count). The van der Waals surface area contributed by atoms with E-state index in [1.165, 1.54) is 29.5 Å². The molecule has 0 atom stereocenters. The Morgan fingerprint density at radius 2 is 1.92 bits per heavy atom. The fourth-order valence-electron chi connectivity index (χ4n) is 2.16. The molecule has 0 aliphatic rings. The molecule has 8 heteroatoms. The van der Waals surface area contributed by atoms with Crippen molar-refractivity contribution in [3.63, 3.8) is 0 Å². The number of aliphatic carboxylic acids is 1. The molecule has 0 unspecified atom stereocenters. The molecule has 0 radical (unpaired) electrons. The van der Waals surface area contributed by atoms with E-state index in [-0.39, 0.29) is 21.4 Å². The summed E-state index contributed by atoms with van der Waals surface area (Å²) < 4.78 is 32.7. The van der Waals surface area contributed by atoms with Crippen LogP contribution in [0.4, 0.5) is 8.78 Å². The monoisotopic (exact) mass is 388 g/mol. The first-order valence-corrected chi connectivity index (χ1v) is 8.15. The Labute approximate surface area is 149 Å². The Balaban J connectivity index is 2.10. The summed E-state index contributed by atoms with van der Waals surface area (Å²) in [6.45, 7) is -0.564. The van der Waals surface area contributed by atoms with Gasteiger partial charge in [-0.3, -0.25) is 0 Å². The van der Waals surface area contributed by atoms with Gasteiger partial charge in [0.25, 0.3) is 0 Å². The highest BCUT2D eigenvalue weighted by Crippen LogP contribution is 2.45. The molecular formula is C16H8Cl2F2O3S. The normalized spacial score (nSPS) is 11.0. The van der Waals surface area contributed by atoms with Gasteiger partial charge in [0, 0.05) is 16.5 Å². The SMILES string of the molecule is O=C(O)COc1cc2cc(-c3ccc(F)cc3F)sc2c(Cl)c1Cl. The average molecular weight is 389 g/mol. The molecule has 3 nitrogen and oxygen atoms in total. The molecule has 1 heterocycles. The molecule has 0 bridgehead atoms. The number of carboxylic acid groups (broad SMARTS) is 1. The van der Waals surface area contributed by atoms with Crippen LogP contribution in [0, 0.1) is 11.6 Å². The molecule has 3 aromatic rings. The average Bonchev–Trinajstić information content (AvgIpc) is 2.93. The van der Waals surface area contributed by atoms with E-state index in [2.05, 4.69) is 0 Å². The summed E-state index contributed by atoms with van der Waals surface area (Å²) in [6.07, 6.45) is 0. The van der Waals surface area contributed by atoms with E-state index in [1.807, 2.05) is 0 Å². The maximum atomic E-state index is 14.0. The minimum atomic E-state index is -1.15. The molecule has 24 heavy (non-hydrogen) atoms. The number of carbonyl (C=O) groups is 1. The summed E-state index contributed by atoms with van der Waals surface area (Å²) in [6, 6.07) is 6.50. The Morgan fingerprint density at radius 1 is 1.17 bits per heavy atom. The van der Waals surface area contributed by atoms with Gasteiger partial charge in [-0.1, -0.05) is 23.2 Å². The molecular weight excluding hydrogens is 381 g/mol. The first-order chi connectivity index (χ1) is 11.4. The summed E-state index contributed by atoms with van der Waals surface area (Å²) in [5, 5.41) is 9.57. The van der Waals surface area contributed by atoms with Gasteiger partial charge in [-0.25, -0.2) is 13.6 Å². The lowest BCUT2D eigenvalue weighted by atomic mass is 10.1. The maximum absolute atomic E-state index is 14.0. The molecule has 124 valence electrons. The Hall–Kier alpha value is -1.89. The van der Waals surface area contributed by atoms with E-state index in [9.17, 15) is 13.6 Å². The van der Waals surface area contributed by atoms with Crippen molar-refractivity contribution in [2.45, 2.75) is 0 Å². The third-order valence-electron chi connectivity index (χ3n) is 3.20. The van der Waals surface area contributed by atoms with Crippen molar-refractivity contribution >= 4 is 50.6 Å². The van der Waals surface area contributed by atoms with E-state index in [4.69, 9.17) is 33.0 Å². The van der Waals surface area contributed by atoms with E-state index in [1.54, 1.807) is 6.07 Å². The number of halogens is 4. The number of rotatable bonds is 4. The van der Waals surface area contributed by atoms with Crippen LogP contribution in [0.25, 0.3) is 20.5 Å². The van der Waals surface area contributed by atoms with Gasteiger partial charge < -0.3 is 9.84 Å². The van der Waals surface area contributed by atoms with E-state index >= 15 is 0 Å². The molecule has 0 saturated carbocycles. The fourth-order valence-corrected chi connectivity index (χ4v) is 3.85. The standard InChI is InChI=1S/C16H8Cl2F2O3S/c17-14-11(23-6-13(21)22)3-7-4-12(24-16(7)15(14)18)9-2-1-8(19)5-10(9)20/h1-5H,6H2,(H,21,22). The molecule has 1 N–H and O–H groups in total. The van der Waals surface area contributed by atoms with Crippen molar-refractivity contribution in [3.8, 4) is 16.2 Å². The molecule has 0 fully saturated rings. The third kappa shape index (κ3) is 3.17. The van der Waals surface area contributed by atoms with Crippen LogP contribution in [-0.4, -0.2) is 17.7 Å². The van der Waals surface area contributed by atoms with E-state index < -0.39 is 24.2 Å². The summed E-state index contributed by atoms with van der Waals surface area (Å²) in [5.41, 5.74) is 0.234. The van der Waals surface area contributed by atoms with Crippen molar-refractivity contribution in [3.05, 3.63) is 52.0 Å². The van der Waals surface area contributed by atoms with Crippen LogP contribution in [0.5, 0.6) is 5.75 Å². The van der Waals surface area contributed by atoms with Crippen LogP contribution in [0.2, 0.25) is 10.0 Å². The van der Waals surface area contributed by atoms with Crippen LogP contribution < -0.4 is 4.74 Å². The first kappa shape index (κ1) is 17.0. The van der Waals surface area contributed by atoms with Crippen LogP contribution in [0.1, 0.15) is 0 Å². The number of hydrogen-bond acceptors (Lipinski definition) is 3. The van der Waals surface area contributed by atoms with Gasteiger partial charge in [0.1, 0.15) is 22.4 Å². The Kier molecular flexibility index (Phi) is 4.62. The van der Waals surface area contributed by atoms with Crippen molar-refractivity contribution in [2.24, 2.45) is 0 Å².